The van der Waals surface area contributed by atoms with Crippen LogP contribution in [0, 0.1) is 6.92 Å². The van der Waals surface area contributed by atoms with Gasteiger partial charge in [0.25, 0.3) is 0 Å². The number of anilines is 1. The molecule has 1 aromatic heterocycles. The van der Waals surface area contributed by atoms with E-state index in [1.807, 2.05) is 6.07 Å². The van der Waals surface area contributed by atoms with Crippen LogP contribution >= 0.6 is 0 Å². The maximum atomic E-state index is 12.2. The van der Waals surface area contributed by atoms with Gasteiger partial charge in [0.2, 0.25) is 0 Å². The second-order valence-electron chi connectivity index (χ2n) is 5.30. The number of para-hydroxylation sites is 2. The summed E-state index contributed by atoms with van der Waals surface area (Å²) in [7, 11) is 0. The van der Waals surface area contributed by atoms with Crippen molar-refractivity contribution in [2.75, 3.05) is 5.73 Å². The molecule has 0 bridgehead atoms. The first-order valence-corrected chi connectivity index (χ1v) is 7.07. The largest absolute Gasteiger partial charge is 0.418 e. The van der Waals surface area contributed by atoms with Gasteiger partial charge in [-0.1, -0.05) is 24.3 Å². The van der Waals surface area contributed by atoms with Crippen LogP contribution in [0.3, 0.4) is 0 Å². The normalized spacial score (nSPS) is 12.0. The molecule has 0 unspecified atom stereocenters. The Morgan fingerprint density at radius 2 is 1.32 bits per heavy atom. The first-order chi connectivity index (χ1) is 11.5. The van der Waals surface area contributed by atoms with Crippen molar-refractivity contribution in [2.24, 2.45) is 0 Å². The van der Waals surface area contributed by atoms with E-state index in [-0.39, 0.29) is 0 Å². The number of aromatic amines is 1. The number of halogens is 6. The third-order valence-corrected chi connectivity index (χ3v) is 3.38. The molecule has 0 spiro atoms. The lowest BCUT2D eigenvalue weighted by molar-refractivity contribution is -0.141. The van der Waals surface area contributed by atoms with E-state index in [0.29, 0.717) is 18.2 Å². The Kier molecular flexibility index (Phi) is 5.01. The van der Waals surface area contributed by atoms with E-state index in [9.17, 15) is 26.3 Å². The molecule has 0 radical (unpaired) electrons. The molecule has 0 fully saturated rings. The molecule has 3 N–H and O–H groups in total. The average molecular weight is 360 g/mol. The van der Waals surface area contributed by atoms with E-state index in [4.69, 9.17) is 5.73 Å². The minimum Gasteiger partial charge on any atom is -0.398 e. The third-order valence-electron chi connectivity index (χ3n) is 3.38. The number of nitrogen functional groups attached to an aromatic ring is 1. The van der Waals surface area contributed by atoms with E-state index < -0.39 is 29.2 Å². The number of rotatable bonds is 0. The molecule has 0 aliphatic rings. The van der Waals surface area contributed by atoms with Crippen LogP contribution in [-0.4, -0.2) is 4.98 Å². The number of hydrogen-bond donors (Lipinski definition) is 2. The minimum atomic E-state index is -4.88. The van der Waals surface area contributed by atoms with Gasteiger partial charge in [-0.05, 0) is 36.6 Å². The molecule has 0 saturated heterocycles. The standard InChI is InChI=1S/C9H9N.C8H5F6N/c1-7-6-8-4-2-3-5-9(8)10-7;9-7(10,11)4-2-1-3-5(6(4)15)8(12,13)14/h2-6,10H,1H3;1-3H,15H2. The van der Waals surface area contributed by atoms with Crippen LogP contribution in [0.4, 0.5) is 32.0 Å². The van der Waals surface area contributed by atoms with Gasteiger partial charge in [-0.25, -0.2) is 0 Å². The van der Waals surface area contributed by atoms with E-state index in [0.717, 1.165) is 0 Å². The van der Waals surface area contributed by atoms with E-state index in [2.05, 4.69) is 36.2 Å². The Hall–Kier alpha value is -2.64. The van der Waals surface area contributed by atoms with Crippen LogP contribution in [0.2, 0.25) is 0 Å². The van der Waals surface area contributed by atoms with Gasteiger partial charge in [0.15, 0.2) is 0 Å². The fourth-order valence-corrected chi connectivity index (χ4v) is 2.28. The predicted molar refractivity (Wildman–Crippen MR) is 83.9 cm³/mol. The quantitative estimate of drug-likeness (QED) is 0.387. The second kappa shape index (κ2) is 6.70. The minimum absolute atomic E-state index is 0.505. The molecule has 2 aromatic carbocycles. The molecule has 134 valence electrons. The summed E-state index contributed by atoms with van der Waals surface area (Å²) in [6, 6.07) is 12.1. The SMILES string of the molecule is Cc1cc2ccccc2[nH]1.Nc1c(C(F)(F)F)cccc1C(F)(F)F. The molecule has 1 heterocycles. The molecule has 8 heteroatoms. The molecule has 3 rings (SSSR count). The Morgan fingerprint density at radius 3 is 1.80 bits per heavy atom. The highest BCUT2D eigenvalue weighted by Crippen LogP contribution is 2.40. The Balaban J connectivity index is 0.000000194. The molecule has 25 heavy (non-hydrogen) atoms. The molecule has 0 amide bonds. The summed E-state index contributed by atoms with van der Waals surface area (Å²) in [5, 5.41) is 1.29. The second-order valence-corrected chi connectivity index (χ2v) is 5.30. The first kappa shape index (κ1) is 18.7. The average Bonchev–Trinajstić information content (AvgIpc) is 2.85. The van der Waals surface area contributed by atoms with Crippen LogP contribution in [0.5, 0.6) is 0 Å². The van der Waals surface area contributed by atoms with Gasteiger partial charge < -0.3 is 10.7 Å². The van der Waals surface area contributed by atoms with E-state index in [1.54, 1.807) is 0 Å². The number of fused-ring (bicyclic) bond motifs is 1. The van der Waals surface area contributed by atoms with Gasteiger partial charge in [0, 0.05) is 11.2 Å². The number of hydrogen-bond acceptors (Lipinski definition) is 1. The summed E-state index contributed by atoms with van der Waals surface area (Å²) < 4.78 is 73.0. The van der Waals surface area contributed by atoms with E-state index in [1.165, 1.54) is 16.6 Å². The van der Waals surface area contributed by atoms with Crippen molar-refractivity contribution in [3.8, 4) is 0 Å². The van der Waals surface area contributed by atoms with Gasteiger partial charge in [0.1, 0.15) is 0 Å². The van der Waals surface area contributed by atoms with Crippen molar-refractivity contribution in [1.29, 1.82) is 0 Å². The number of benzene rings is 2. The number of alkyl halides is 6. The summed E-state index contributed by atoms with van der Waals surface area (Å²) in [6.45, 7) is 2.07. The fraction of sp³-hybridized carbons (Fsp3) is 0.176. The van der Waals surface area contributed by atoms with Crippen molar-refractivity contribution in [1.82, 2.24) is 4.98 Å². The zero-order chi connectivity index (χ0) is 18.8. The van der Waals surface area contributed by atoms with Gasteiger partial charge in [-0.2, -0.15) is 26.3 Å². The van der Waals surface area contributed by atoms with Gasteiger partial charge in [0.05, 0.1) is 16.8 Å². The van der Waals surface area contributed by atoms with Crippen molar-refractivity contribution in [3.05, 3.63) is 65.4 Å². The highest BCUT2D eigenvalue weighted by Gasteiger charge is 2.39. The van der Waals surface area contributed by atoms with Crippen molar-refractivity contribution >= 4 is 16.6 Å². The molecule has 3 aromatic rings. The summed E-state index contributed by atoms with van der Waals surface area (Å²) in [5.41, 5.74) is 3.02. The van der Waals surface area contributed by atoms with Gasteiger partial charge in [-0.3, -0.25) is 0 Å². The number of nitrogens with two attached hydrogens (primary N) is 1. The number of aryl methyl sites for hydroxylation is 1. The van der Waals surface area contributed by atoms with Crippen LogP contribution in [0.1, 0.15) is 16.8 Å². The Morgan fingerprint density at radius 1 is 0.800 bits per heavy atom. The van der Waals surface area contributed by atoms with Crippen molar-refractivity contribution in [3.63, 3.8) is 0 Å². The zero-order valence-corrected chi connectivity index (χ0v) is 13.0. The summed E-state index contributed by atoms with van der Waals surface area (Å²) in [4.78, 5) is 3.26. The molecule has 2 nitrogen and oxygen atoms in total. The molecular formula is C17H14F6N2. The monoisotopic (exact) mass is 360 g/mol. The molecule has 0 saturated carbocycles. The Labute approximate surface area is 139 Å². The van der Waals surface area contributed by atoms with Gasteiger partial charge >= 0.3 is 12.4 Å². The van der Waals surface area contributed by atoms with Crippen molar-refractivity contribution in [2.45, 2.75) is 19.3 Å². The maximum Gasteiger partial charge on any atom is 0.418 e. The van der Waals surface area contributed by atoms with Gasteiger partial charge in [-0.15, -0.1) is 0 Å². The maximum absolute atomic E-state index is 12.2. The number of aromatic nitrogens is 1. The summed E-state index contributed by atoms with van der Waals surface area (Å²) in [6.07, 6.45) is -9.77. The smallest absolute Gasteiger partial charge is 0.398 e. The van der Waals surface area contributed by atoms with Crippen LogP contribution in [0.25, 0.3) is 10.9 Å². The first-order valence-electron chi connectivity index (χ1n) is 7.07. The number of H-pyrrole nitrogens is 1. The topological polar surface area (TPSA) is 41.8 Å². The highest BCUT2D eigenvalue weighted by atomic mass is 19.4. The molecule has 0 aliphatic carbocycles. The lowest BCUT2D eigenvalue weighted by atomic mass is 10.1. The lowest BCUT2D eigenvalue weighted by Gasteiger charge is -2.15. The van der Waals surface area contributed by atoms with Crippen molar-refractivity contribution < 1.29 is 26.3 Å². The number of nitrogens with one attached hydrogen (secondary N) is 1. The van der Waals surface area contributed by atoms with Crippen LogP contribution < -0.4 is 5.73 Å². The Bertz CT molecular complexity index is 796. The third kappa shape index (κ3) is 4.46. The summed E-state index contributed by atoms with van der Waals surface area (Å²) in [5.74, 6) is 0. The summed E-state index contributed by atoms with van der Waals surface area (Å²) >= 11 is 0. The van der Waals surface area contributed by atoms with Crippen LogP contribution in [-0.2, 0) is 12.4 Å². The molecular weight excluding hydrogens is 346 g/mol. The van der Waals surface area contributed by atoms with E-state index >= 15 is 0 Å². The molecule has 0 atom stereocenters. The lowest BCUT2D eigenvalue weighted by Crippen LogP contribution is -2.15. The predicted octanol–water partition coefficient (Wildman–Crippen LogP) is 5.78. The molecule has 0 aliphatic heterocycles. The fourth-order valence-electron chi connectivity index (χ4n) is 2.28. The highest BCUT2D eigenvalue weighted by molar-refractivity contribution is 5.80. The van der Waals surface area contributed by atoms with Crippen LogP contribution in [0.15, 0.2) is 48.5 Å². The zero-order valence-electron chi connectivity index (χ0n) is 13.0.